The summed E-state index contributed by atoms with van der Waals surface area (Å²) >= 11 is 0. The lowest BCUT2D eigenvalue weighted by molar-refractivity contribution is 0.276. The van der Waals surface area contributed by atoms with Crippen LogP contribution in [0.5, 0.6) is 0 Å². The molecule has 1 rings (SSSR count). The Morgan fingerprint density at radius 1 is 1.64 bits per heavy atom. The molecule has 62 valence electrons. The van der Waals surface area contributed by atoms with E-state index in [2.05, 4.69) is 10.3 Å². The van der Waals surface area contributed by atoms with Gasteiger partial charge in [-0.3, -0.25) is 4.68 Å². The van der Waals surface area contributed by atoms with Crippen molar-refractivity contribution in [2.75, 3.05) is 6.61 Å². The van der Waals surface area contributed by atoms with E-state index in [0.717, 1.165) is 25.1 Å². The molecule has 0 aromatic carbocycles. The maximum Gasteiger partial charge on any atom is 0.0824 e. The smallest absolute Gasteiger partial charge is 0.0824 e. The SMILES string of the molecule is CCc1cn(CCCO)nn1. The van der Waals surface area contributed by atoms with E-state index >= 15 is 0 Å². The summed E-state index contributed by atoms with van der Waals surface area (Å²) < 4.78 is 1.76. The molecule has 0 saturated carbocycles. The first-order chi connectivity index (χ1) is 5.36. The molecule has 4 nitrogen and oxygen atoms in total. The van der Waals surface area contributed by atoms with Crippen LogP contribution in [0.3, 0.4) is 0 Å². The van der Waals surface area contributed by atoms with Crippen LogP contribution in [0.1, 0.15) is 19.0 Å². The maximum atomic E-state index is 8.53. The molecule has 0 amide bonds. The Balaban J connectivity index is 2.44. The molecule has 0 bridgehead atoms. The van der Waals surface area contributed by atoms with Gasteiger partial charge in [-0.05, 0) is 12.8 Å². The van der Waals surface area contributed by atoms with Gasteiger partial charge in [0.15, 0.2) is 0 Å². The fourth-order valence-corrected chi connectivity index (χ4v) is 0.843. The zero-order chi connectivity index (χ0) is 8.10. The number of aliphatic hydroxyl groups is 1. The van der Waals surface area contributed by atoms with Crippen LogP contribution in [0.25, 0.3) is 0 Å². The Hall–Kier alpha value is -0.900. The molecular formula is C7H13N3O. The summed E-state index contributed by atoms with van der Waals surface area (Å²) in [7, 11) is 0. The molecule has 0 unspecified atom stereocenters. The zero-order valence-corrected chi connectivity index (χ0v) is 6.69. The topological polar surface area (TPSA) is 50.9 Å². The van der Waals surface area contributed by atoms with Crippen LogP contribution in [0.15, 0.2) is 6.20 Å². The van der Waals surface area contributed by atoms with Gasteiger partial charge in [-0.15, -0.1) is 5.10 Å². The van der Waals surface area contributed by atoms with E-state index in [1.54, 1.807) is 4.68 Å². The highest BCUT2D eigenvalue weighted by Crippen LogP contribution is 1.94. The van der Waals surface area contributed by atoms with E-state index in [1.807, 2.05) is 13.1 Å². The molecule has 1 aromatic rings. The highest BCUT2D eigenvalue weighted by Gasteiger charge is 1.95. The first-order valence-electron chi connectivity index (χ1n) is 3.86. The number of aliphatic hydroxyl groups excluding tert-OH is 1. The van der Waals surface area contributed by atoms with Crippen LogP contribution in [-0.2, 0) is 13.0 Å². The van der Waals surface area contributed by atoms with Crippen molar-refractivity contribution >= 4 is 0 Å². The first kappa shape index (κ1) is 8.20. The maximum absolute atomic E-state index is 8.53. The Bertz CT molecular complexity index is 209. The number of aryl methyl sites for hydroxylation is 2. The minimum absolute atomic E-state index is 0.210. The molecule has 0 fully saturated rings. The van der Waals surface area contributed by atoms with E-state index in [0.29, 0.717) is 0 Å². The van der Waals surface area contributed by atoms with Crippen molar-refractivity contribution in [3.8, 4) is 0 Å². The van der Waals surface area contributed by atoms with Crippen molar-refractivity contribution in [3.63, 3.8) is 0 Å². The normalized spacial score (nSPS) is 10.4. The van der Waals surface area contributed by atoms with E-state index in [1.165, 1.54) is 0 Å². The lowest BCUT2D eigenvalue weighted by Crippen LogP contribution is -2.00. The molecule has 1 N–H and O–H groups in total. The predicted molar refractivity (Wildman–Crippen MR) is 41.1 cm³/mol. The molecule has 4 heteroatoms. The summed E-state index contributed by atoms with van der Waals surface area (Å²) in [6, 6.07) is 0. The summed E-state index contributed by atoms with van der Waals surface area (Å²) in [5.41, 5.74) is 1.00. The number of hydrogen-bond donors (Lipinski definition) is 1. The lowest BCUT2D eigenvalue weighted by atomic mass is 10.4. The van der Waals surface area contributed by atoms with Crippen LogP contribution in [-0.4, -0.2) is 26.7 Å². The fourth-order valence-electron chi connectivity index (χ4n) is 0.843. The van der Waals surface area contributed by atoms with Gasteiger partial charge in [0.25, 0.3) is 0 Å². The van der Waals surface area contributed by atoms with Crippen molar-refractivity contribution in [3.05, 3.63) is 11.9 Å². The third kappa shape index (κ3) is 2.31. The highest BCUT2D eigenvalue weighted by atomic mass is 16.3. The number of nitrogens with zero attached hydrogens (tertiary/aromatic N) is 3. The van der Waals surface area contributed by atoms with Crippen LogP contribution in [0.4, 0.5) is 0 Å². The molecule has 0 saturated heterocycles. The summed E-state index contributed by atoms with van der Waals surface area (Å²) in [5, 5.41) is 16.3. The Morgan fingerprint density at radius 3 is 3.00 bits per heavy atom. The third-order valence-corrected chi connectivity index (χ3v) is 1.49. The van der Waals surface area contributed by atoms with E-state index in [9.17, 15) is 0 Å². The van der Waals surface area contributed by atoms with E-state index in [4.69, 9.17) is 5.11 Å². The second kappa shape index (κ2) is 4.08. The Morgan fingerprint density at radius 2 is 2.45 bits per heavy atom. The van der Waals surface area contributed by atoms with Gasteiger partial charge in [0.05, 0.1) is 5.69 Å². The van der Waals surface area contributed by atoms with E-state index < -0.39 is 0 Å². The van der Waals surface area contributed by atoms with Crippen molar-refractivity contribution in [1.29, 1.82) is 0 Å². The quantitative estimate of drug-likeness (QED) is 0.676. The van der Waals surface area contributed by atoms with Crippen LogP contribution < -0.4 is 0 Å². The van der Waals surface area contributed by atoms with Gasteiger partial charge in [0, 0.05) is 19.3 Å². The Labute approximate surface area is 65.8 Å². The minimum atomic E-state index is 0.210. The zero-order valence-electron chi connectivity index (χ0n) is 6.69. The van der Waals surface area contributed by atoms with Gasteiger partial charge in [-0.25, -0.2) is 0 Å². The van der Waals surface area contributed by atoms with Crippen LogP contribution >= 0.6 is 0 Å². The molecule has 0 radical (unpaired) electrons. The van der Waals surface area contributed by atoms with Crippen LogP contribution in [0, 0.1) is 0 Å². The van der Waals surface area contributed by atoms with Crippen molar-refractivity contribution in [2.45, 2.75) is 26.3 Å². The predicted octanol–water partition coefficient (Wildman–Crippen LogP) is 0.223. The molecule has 11 heavy (non-hydrogen) atoms. The number of rotatable bonds is 4. The van der Waals surface area contributed by atoms with Crippen molar-refractivity contribution < 1.29 is 5.11 Å². The van der Waals surface area contributed by atoms with Gasteiger partial charge in [-0.2, -0.15) is 0 Å². The molecule has 0 atom stereocenters. The summed E-state index contributed by atoms with van der Waals surface area (Å²) in [6.07, 6.45) is 3.57. The average Bonchev–Trinajstić information content (AvgIpc) is 2.48. The Kier molecular flexibility index (Phi) is 3.04. The standard InChI is InChI=1S/C7H13N3O/c1-2-7-6-10(9-8-7)4-3-5-11/h6,11H,2-5H2,1H3. The van der Waals surface area contributed by atoms with Gasteiger partial charge >= 0.3 is 0 Å². The molecule has 1 heterocycles. The minimum Gasteiger partial charge on any atom is -0.396 e. The second-order valence-electron chi connectivity index (χ2n) is 2.40. The van der Waals surface area contributed by atoms with E-state index in [-0.39, 0.29) is 6.61 Å². The summed E-state index contributed by atoms with van der Waals surface area (Å²) in [6.45, 7) is 3.01. The van der Waals surface area contributed by atoms with Crippen molar-refractivity contribution in [1.82, 2.24) is 15.0 Å². The summed E-state index contributed by atoms with van der Waals surface area (Å²) in [5.74, 6) is 0. The van der Waals surface area contributed by atoms with Gasteiger partial charge in [0.1, 0.15) is 0 Å². The molecule has 1 aromatic heterocycles. The average molecular weight is 155 g/mol. The lowest BCUT2D eigenvalue weighted by Gasteiger charge is -1.94. The fraction of sp³-hybridized carbons (Fsp3) is 0.714. The van der Waals surface area contributed by atoms with Gasteiger partial charge in [-0.1, -0.05) is 12.1 Å². The highest BCUT2D eigenvalue weighted by molar-refractivity contribution is 4.90. The third-order valence-electron chi connectivity index (χ3n) is 1.49. The van der Waals surface area contributed by atoms with Gasteiger partial charge in [0.2, 0.25) is 0 Å². The first-order valence-corrected chi connectivity index (χ1v) is 3.86. The molecule has 0 aliphatic carbocycles. The molecule has 0 spiro atoms. The number of aromatic nitrogens is 3. The summed E-state index contributed by atoms with van der Waals surface area (Å²) in [4.78, 5) is 0. The second-order valence-corrected chi connectivity index (χ2v) is 2.40. The largest absolute Gasteiger partial charge is 0.396 e. The van der Waals surface area contributed by atoms with Crippen LogP contribution in [0.2, 0.25) is 0 Å². The monoisotopic (exact) mass is 155 g/mol. The molecule has 0 aliphatic heterocycles. The van der Waals surface area contributed by atoms with Gasteiger partial charge < -0.3 is 5.11 Å². The number of hydrogen-bond acceptors (Lipinski definition) is 3. The molecular weight excluding hydrogens is 142 g/mol. The molecule has 0 aliphatic rings. The van der Waals surface area contributed by atoms with Crippen molar-refractivity contribution in [2.24, 2.45) is 0 Å².